The summed E-state index contributed by atoms with van der Waals surface area (Å²) in [5.41, 5.74) is 0.114. The molecule has 0 saturated heterocycles. The SMILES string of the molecule is CC(C)=CCC/C(C)=C/Cc1c(O)cc(C)c(C(=O)NC2(C(F)(F)F)CCCC2)c1O. The van der Waals surface area contributed by atoms with E-state index in [1.807, 2.05) is 26.8 Å². The molecule has 3 N–H and O–H groups in total. The van der Waals surface area contributed by atoms with Gasteiger partial charge in [0.1, 0.15) is 17.0 Å². The first-order chi connectivity index (χ1) is 14.4. The smallest absolute Gasteiger partial charge is 0.411 e. The molecule has 0 atom stereocenters. The van der Waals surface area contributed by atoms with Gasteiger partial charge in [0.2, 0.25) is 0 Å². The number of phenolic OH excluding ortho intramolecular Hbond substituents is 2. The number of alkyl halides is 3. The van der Waals surface area contributed by atoms with Gasteiger partial charge in [0.05, 0.1) is 5.56 Å². The van der Waals surface area contributed by atoms with Gasteiger partial charge in [-0.2, -0.15) is 13.2 Å². The van der Waals surface area contributed by atoms with Crippen molar-refractivity contribution in [3.8, 4) is 11.5 Å². The number of amides is 1. The monoisotopic (exact) mass is 439 g/mol. The molecule has 1 aromatic rings. The Kier molecular flexibility index (Phi) is 7.84. The zero-order chi connectivity index (χ0) is 23.4. The van der Waals surface area contributed by atoms with Crippen LogP contribution in [0.1, 0.15) is 80.8 Å². The summed E-state index contributed by atoms with van der Waals surface area (Å²) in [4.78, 5) is 12.8. The highest BCUT2D eigenvalue weighted by Crippen LogP contribution is 2.44. The Morgan fingerprint density at radius 3 is 2.32 bits per heavy atom. The lowest BCUT2D eigenvalue weighted by Gasteiger charge is -2.33. The van der Waals surface area contributed by atoms with Crippen molar-refractivity contribution in [1.29, 1.82) is 0 Å². The summed E-state index contributed by atoms with van der Waals surface area (Å²) in [7, 11) is 0. The van der Waals surface area contributed by atoms with Crippen molar-refractivity contribution in [2.45, 2.75) is 84.4 Å². The highest BCUT2D eigenvalue weighted by Gasteiger charge is 2.57. The molecule has 0 bridgehead atoms. The minimum Gasteiger partial charge on any atom is -0.508 e. The molecule has 0 heterocycles. The van der Waals surface area contributed by atoms with Gasteiger partial charge in [0.15, 0.2) is 0 Å². The number of nitrogens with one attached hydrogen (secondary N) is 1. The van der Waals surface area contributed by atoms with E-state index < -0.39 is 23.4 Å². The van der Waals surface area contributed by atoms with E-state index >= 15 is 0 Å². The summed E-state index contributed by atoms with van der Waals surface area (Å²) >= 11 is 0. The molecule has 2 rings (SSSR count). The summed E-state index contributed by atoms with van der Waals surface area (Å²) in [6.45, 7) is 7.44. The predicted octanol–water partition coefficient (Wildman–Crippen LogP) is 6.25. The normalized spacial score (nSPS) is 16.3. The van der Waals surface area contributed by atoms with Crippen LogP contribution in [0.15, 0.2) is 29.4 Å². The molecule has 1 aromatic carbocycles. The molecule has 0 aliphatic heterocycles. The maximum atomic E-state index is 13.7. The van der Waals surface area contributed by atoms with Crippen molar-refractivity contribution >= 4 is 5.91 Å². The van der Waals surface area contributed by atoms with Crippen molar-refractivity contribution in [1.82, 2.24) is 5.32 Å². The molecule has 0 unspecified atom stereocenters. The first-order valence-corrected chi connectivity index (χ1v) is 10.6. The quantitative estimate of drug-likeness (QED) is 0.440. The predicted molar refractivity (Wildman–Crippen MR) is 115 cm³/mol. The van der Waals surface area contributed by atoms with Crippen LogP contribution in [0.25, 0.3) is 0 Å². The number of rotatable bonds is 7. The maximum absolute atomic E-state index is 13.7. The van der Waals surface area contributed by atoms with E-state index in [0.29, 0.717) is 12.8 Å². The number of halogens is 3. The third-order valence-electron chi connectivity index (χ3n) is 5.90. The number of carbonyl (C=O) groups is 1. The summed E-state index contributed by atoms with van der Waals surface area (Å²) in [5, 5.41) is 23.1. The van der Waals surface area contributed by atoms with Crippen LogP contribution in [-0.4, -0.2) is 27.8 Å². The van der Waals surface area contributed by atoms with Gasteiger partial charge < -0.3 is 15.5 Å². The standard InChI is InChI=1S/C24H32F3NO3/c1-15(2)8-7-9-16(3)10-11-18-19(29)14-17(4)20(21(18)30)22(31)28-23(24(25,26)27)12-5-6-13-23/h8,10,14,29-30H,5-7,9,11-13H2,1-4H3,(H,28,31)/b16-10+. The van der Waals surface area contributed by atoms with Crippen LogP contribution in [0, 0.1) is 6.92 Å². The van der Waals surface area contributed by atoms with Crippen LogP contribution in [0.4, 0.5) is 13.2 Å². The van der Waals surface area contributed by atoms with Crippen LogP contribution < -0.4 is 5.32 Å². The van der Waals surface area contributed by atoms with E-state index in [4.69, 9.17) is 0 Å². The van der Waals surface area contributed by atoms with E-state index in [1.54, 1.807) is 0 Å². The molecule has 0 aromatic heterocycles. The van der Waals surface area contributed by atoms with E-state index in [2.05, 4.69) is 11.4 Å². The van der Waals surface area contributed by atoms with Crippen molar-refractivity contribution in [2.75, 3.05) is 0 Å². The lowest BCUT2D eigenvalue weighted by molar-refractivity contribution is -0.191. The summed E-state index contributed by atoms with van der Waals surface area (Å²) in [6, 6.07) is 1.31. The molecular weight excluding hydrogens is 407 g/mol. The molecule has 0 radical (unpaired) electrons. The Morgan fingerprint density at radius 1 is 1.16 bits per heavy atom. The molecule has 4 nitrogen and oxygen atoms in total. The van der Waals surface area contributed by atoms with Crippen LogP contribution in [0.5, 0.6) is 11.5 Å². The zero-order valence-corrected chi connectivity index (χ0v) is 18.6. The van der Waals surface area contributed by atoms with Crippen molar-refractivity contribution in [3.63, 3.8) is 0 Å². The molecule has 7 heteroatoms. The van der Waals surface area contributed by atoms with Gasteiger partial charge in [-0.15, -0.1) is 0 Å². The number of phenols is 2. The summed E-state index contributed by atoms with van der Waals surface area (Å²) < 4.78 is 41.0. The average Bonchev–Trinajstić information content (AvgIpc) is 3.10. The fraction of sp³-hybridized carbons (Fsp3) is 0.542. The van der Waals surface area contributed by atoms with Gasteiger partial charge in [-0.3, -0.25) is 4.79 Å². The van der Waals surface area contributed by atoms with Crippen LogP contribution in [-0.2, 0) is 6.42 Å². The highest BCUT2D eigenvalue weighted by atomic mass is 19.4. The Bertz CT molecular complexity index is 875. The van der Waals surface area contributed by atoms with Gasteiger partial charge in [0.25, 0.3) is 5.91 Å². The second-order valence-corrected chi connectivity index (χ2v) is 8.73. The molecule has 1 saturated carbocycles. The molecule has 0 spiro atoms. The second kappa shape index (κ2) is 9.79. The van der Waals surface area contributed by atoms with Crippen molar-refractivity contribution in [2.24, 2.45) is 0 Å². The van der Waals surface area contributed by atoms with Gasteiger partial charge >= 0.3 is 6.18 Å². The van der Waals surface area contributed by atoms with E-state index in [1.165, 1.54) is 18.6 Å². The van der Waals surface area contributed by atoms with Crippen molar-refractivity contribution in [3.05, 3.63) is 46.1 Å². The number of hydrogen-bond donors (Lipinski definition) is 3. The first kappa shape index (κ1) is 24.8. The van der Waals surface area contributed by atoms with E-state index in [9.17, 15) is 28.2 Å². The highest BCUT2D eigenvalue weighted by molar-refractivity contribution is 5.99. The molecule has 1 aliphatic carbocycles. The number of carbonyl (C=O) groups excluding carboxylic acids is 1. The Morgan fingerprint density at radius 2 is 1.77 bits per heavy atom. The number of hydrogen-bond acceptors (Lipinski definition) is 3. The van der Waals surface area contributed by atoms with E-state index in [-0.39, 0.29) is 41.7 Å². The van der Waals surface area contributed by atoms with Gasteiger partial charge in [0, 0.05) is 5.56 Å². The molecule has 1 amide bonds. The third-order valence-corrected chi connectivity index (χ3v) is 5.90. The van der Waals surface area contributed by atoms with Gasteiger partial charge in [-0.25, -0.2) is 0 Å². The second-order valence-electron chi connectivity index (χ2n) is 8.73. The largest absolute Gasteiger partial charge is 0.508 e. The van der Waals surface area contributed by atoms with Crippen LogP contribution >= 0.6 is 0 Å². The number of allylic oxidation sites excluding steroid dienone is 4. The molecule has 1 aliphatic rings. The fourth-order valence-electron chi connectivity index (χ4n) is 4.02. The summed E-state index contributed by atoms with van der Waals surface area (Å²) in [6.07, 6.45) is 1.62. The Labute approximate surface area is 181 Å². The van der Waals surface area contributed by atoms with Gasteiger partial charge in [-0.05, 0) is 71.4 Å². The Balaban J connectivity index is 2.29. The summed E-state index contributed by atoms with van der Waals surface area (Å²) in [5.74, 6) is -1.63. The molecular formula is C24H32F3NO3. The van der Waals surface area contributed by atoms with Gasteiger partial charge in [-0.1, -0.05) is 36.1 Å². The minimum absolute atomic E-state index is 0.129. The maximum Gasteiger partial charge on any atom is 0.411 e. The lowest BCUT2D eigenvalue weighted by atomic mass is 9.94. The zero-order valence-electron chi connectivity index (χ0n) is 18.6. The fourth-order valence-corrected chi connectivity index (χ4v) is 4.02. The van der Waals surface area contributed by atoms with E-state index in [0.717, 1.165) is 18.4 Å². The lowest BCUT2D eigenvalue weighted by Crippen LogP contribution is -2.57. The average molecular weight is 440 g/mol. The Hall–Kier alpha value is -2.44. The molecule has 31 heavy (non-hydrogen) atoms. The third kappa shape index (κ3) is 5.83. The molecule has 172 valence electrons. The molecule has 1 fully saturated rings. The van der Waals surface area contributed by atoms with Crippen LogP contribution in [0.2, 0.25) is 0 Å². The minimum atomic E-state index is -4.58. The number of benzene rings is 1. The van der Waals surface area contributed by atoms with Crippen molar-refractivity contribution < 1.29 is 28.2 Å². The van der Waals surface area contributed by atoms with Crippen LogP contribution in [0.3, 0.4) is 0 Å². The topological polar surface area (TPSA) is 69.6 Å². The number of aryl methyl sites for hydroxylation is 1. The number of aromatic hydroxyl groups is 2. The first-order valence-electron chi connectivity index (χ1n) is 10.6.